The van der Waals surface area contributed by atoms with Gasteiger partial charge in [0.05, 0.1) is 6.42 Å². The van der Waals surface area contributed by atoms with Crippen LogP contribution >= 0.6 is 0 Å². The molecule has 1 amide bonds. The summed E-state index contributed by atoms with van der Waals surface area (Å²) in [5.74, 6) is 3.64. The Bertz CT molecular complexity index is 443. The zero-order valence-corrected chi connectivity index (χ0v) is 10.7. The molecular weight excluding hydrogens is 230 g/mol. The van der Waals surface area contributed by atoms with Crippen LogP contribution in [0.2, 0.25) is 0 Å². The van der Waals surface area contributed by atoms with Gasteiger partial charge in [0.2, 0.25) is 11.8 Å². The lowest BCUT2D eigenvalue weighted by atomic mass is 9.86. The van der Waals surface area contributed by atoms with Gasteiger partial charge in [-0.15, -0.1) is 0 Å². The van der Waals surface area contributed by atoms with E-state index in [2.05, 4.69) is 15.5 Å². The maximum atomic E-state index is 11.2. The molecule has 0 spiro atoms. The first kappa shape index (κ1) is 11.7. The molecule has 2 aliphatic carbocycles. The topological polar surface area (TPSA) is 68.0 Å². The van der Waals surface area contributed by atoms with Crippen LogP contribution in [-0.4, -0.2) is 23.1 Å². The molecule has 3 atom stereocenters. The monoisotopic (exact) mass is 249 g/mol. The van der Waals surface area contributed by atoms with Gasteiger partial charge >= 0.3 is 0 Å². The molecule has 5 heteroatoms. The summed E-state index contributed by atoms with van der Waals surface area (Å²) in [5, 5.41) is 6.42. The number of carbonyl (C=O) groups excluding carboxylic acids is 1. The van der Waals surface area contributed by atoms with Crippen molar-refractivity contribution in [3.8, 4) is 0 Å². The smallest absolute Gasteiger partial charge is 0.227 e. The van der Waals surface area contributed by atoms with Crippen LogP contribution in [0.4, 0.5) is 0 Å². The Kier molecular flexibility index (Phi) is 3.06. The van der Waals surface area contributed by atoms with Gasteiger partial charge in [-0.25, -0.2) is 0 Å². The van der Waals surface area contributed by atoms with Crippen molar-refractivity contribution >= 4 is 5.91 Å². The minimum Gasteiger partial charge on any atom is -0.359 e. The molecule has 1 aromatic heterocycles. The Morgan fingerprint density at radius 3 is 3.00 bits per heavy atom. The van der Waals surface area contributed by atoms with Crippen LogP contribution in [0, 0.1) is 17.8 Å². The third-order valence-corrected chi connectivity index (χ3v) is 4.43. The lowest BCUT2D eigenvalue weighted by Crippen LogP contribution is -2.20. The van der Waals surface area contributed by atoms with Gasteiger partial charge in [-0.1, -0.05) is 11.6 Å². The highest BCUT2D eigenvalue weighted by Crippen LogP contribution is 2.49. The number of fused-ring (bicyclic) bond motifs is 2. The van der Waals surface area contributed by atoms with E-state index in [0.717, 1.165) is 24.2 Å². The first-order chi connectivity index (χ1) is 8.74. The SMILES string of the molecule is CNC(=O)Cc1noc(C[C@@H]2C[C@H]3CC[C@H]2C3)n1. The standard InChI is InChI=1S/C13H19N3O2/c1-14-12(17)7-11-15-13(18-16-11)6-10-5-8-2-3-9(10)4-8/h8-10H,2-7H2,1H3,(H,14,17)/t8-,9-,10-/m0/s1. The molecule has 1 heterocycles. The number of carbonyl (C=O) groups is 1. The molecule has 18 heavy (non-hydrogen) atoms. The maximum Gasteiger partial charge on any atom is 0.227 e. The van der Waals surface area contributed by atoms with E-state index < -0.39 is 0 Å². The fraction of sp³-hybridized carbons (Fsp3) is 0.769. The Hall–Kier alpha value is -1.39. The van der Waals surface area contributed by atoms with Crippen LogP contribution in [0.3, 0.4) is 0 Å². The molecule has 0 aliphatic heterocycles. The summed E-state index contributed by atoms with van der Waals surface area (Å²) in [6.07, 6.45) is 6.59. The first-order valence-electron chi connectivity index (χ1n) is 6.76. The average molecular weight is 249 g/mol. The number of rotatable bonds is 4. The summed E-state index contributed by atoms with van der Waals surface area (Å²) in [4.78, 5) is 15.5. The Morgan fingerprint density at radius 2 is 2.33 bits per heavy atom. The van der Waals surface area contributed by atoms with Gasteiger partial charge in [0.1, 0.15) is 0 Å². The highest BCUT2D eigenvalue weighted by atomic mass is 16.5. The van der Waals surface area contributed by atoms with Crippen molar-refractivity contribution in [2.24, 2.45) is 17.8 Å². The number of nitrogens with zero attached hydrogens (tertiary/aromatic N) is 2. The lowest BCUT2D eigenvalue weighted by Gasteiger charge is -2.19. The molecule has 98 valence electrons. The third kappa shape index (κ3) is 2.26. The van der Waals surface area contributed by atoms with Crippen molar-refractivity contribution in [2.45, 2.75) is 38.5 Å². The molecule has 2 bridgehead atoms. The largest absolute Gasteiger partial charge is 0.359 e. The molecule has 0 unspecified atom stereocenters. The number of likely N-dealkylation sites (N-methyl/N-ethyl adjacent to an activating group) is 1. The summed E-state index contributed by atoms with van der Waals surface area (Å²) in [6.45, 7) is 0. The Labute approximate surface area is 106 Å². The Morgan fingerprint density at radius 1 is 1.44 bits per heavy atom. The normalized spacial score (nSPS) is 29.7. The molecule has 0 aromatic carbocycles. The van der Waals surface area contributed by atoms with E-state index in [1.54, 1.807) is 7.05 Å². The molecular formula is C13H19N3O2. The fourth-order valence-corrected chi connectivity index (χ4v) is 3.53. The first-order valence-corrected chi connectivity index (χ1v) is 6.76. The van der Waals surface area contributed by atoms with E-state index in [0.29, 0.717) is 11.7 Å². The second-order valence-corrected chi connectivity index (χ2v) is 5.59. The summed E-state index contributed by atoms with van der Waals surface area (Å²) in [6, 6.07) is 0. The van der Waals surface area contributed by atoms with Gasteiger partial charge in [-0.2, -0.15) is 4.98 Å². The minimum absolute atomic E-state index is 0.0812. The molecule has 2 saturated carbocycles. The third-order valence-electron chi connectivity index (χ3n) is 4.43. The number of aromatic nitrogens is 2. The van der Waals surface area contributed by atoms with Crippen molar-refractivity contribution in [1.29, 1.82) is 0 Å². The van der Waals surface area contributed by atoms with Gasteiger partial charge < -0.3 is 9.84 Å². The van der Waals surface area contributed by atoms with Crippen molar-refractivity contribution in [3.63, 3.8) is 0 Å². The van der Waals surface area contributed by atoms with E-state index in [1.807, 2.05) is 0 Å². The fourth-order valence-electron chi connectivity index (χ4n) is 3.53. The van der Waals surface area contributed by atoms with E-state index in [9.17, 15) is 4.79 Å². The van der Waals surface area contributed by atoms with Crippen molar-refractivity contribution < 1.29 is 9.32 Å². The quantitative estimate of drug-likeness (QED) is 0.874. The highest BCUT2D eigenvalue weighted by molar-refractivity contribution is 5.77. The van der Waals surface area contributed by atoms with Crippen LogP contribution in [0.15, 0.2) is 4.52 Å². The van der Waals surface area contributed by atoms with Crippen molar-refractivity contribution in [2.75, 3.05) is 7.05 Å². The number of hydrogen-bond acceptors (Lipinski definition) is 4. The van der Waals surface area contributed by atoms with Crippen LogP contribution in [-0.2, 0) is 17.6 Å². The highest BCUT2D eigenvalue weighted by Gasteiger charge is 2.40. The molecule has 1 N–H and O–H groups in total. The summed E-state index contributed by atoms with van der Waals surface area (Å²) in [7, 11) is 1.61. The van der Waals surface area contributed by atoms with Gasteiger partial charge in [-0.05, 0) is 37.0 Å². The molecule has 2 aliphatic rings. The van der Waals surface area contributed by atoms with Crippen molar-refractivity contribution in [1.82, 2.24) is 15.5 Å². The zero-order chi connectivity index (χ0) is 12.5. The molecule has 1 aromatic rings. The minimum atomic E-state index is -0.0812. The van der Waals surface area contributed by atoms with Gasteiger partial charge in [-0.3, -0.25) is 4.79 Å². The molecule has 0 saturated heterocycles. The van der Waals surface area contributed by atoms with E-state index in [1.165, 1.54) is 25.7 Å². The molecule has 5 nitrogen and oxygen atoms in total. The van der Waals surface area contributed by atoms with Gasteiger partial charge in [0.15, 0.2) is 5.82 Å². The summed E-state index contributed by atoms with van der Waals surface area (Å²) in [5.41, 5.74) is 0. The van der Waals surface area contributed by atoms with Crippen LogP contribution in [0.1, 0.15) is 37.4 Å². The van der Waals surface area contributed by atoms with Gasteiger partial charge in [0, 0.05) is 13.5 Å². The van der Waals surface area contributed by atoms with Crippen molar-refractivity contribution in [3.05, 3.63) is 11.7 Å². The van der Waals surface area contributed by atoms with E-state index >= 15 is 0 Å². The molecule has 3 rings (SSSR count). The summed E-state index contributed by atoms with van der Waals surface area (Å²) >= 11 is 0. The second-order valence-electron chi connectivity index (χ2n) is 5.59. The Balaban J connectivity index is 1.58. The molecule has 2 fully saturated rings. The summed E-state index contributed by atoms with van der Waals surface area (Å²) < 4.78 is 5.24. The van der Waals surface area contributed by atoms with Gasteiger partial charge in [0.25, 0.3) is 0 Å². The number of amides is 1. The average Bonchev–Trinajstić information content (AvgIpc) is 3.06. The van der Waals surface area contributed by atoms with Crippen LogP contribution < -0.4 is 5.32 Å². The molecule has 0 radical (unpaired) electrons. The number of hydrogen-bond donors (Lipinski definition) is 1. The van der Waals surface area contributed by atoms with E-state index in [-0.39, 0.29) is 12.3 Å². The lowest BCUT2D eigenvalue weighted by molar-refractivity contribution is -0.120. The maximum absolute atomic E-state index is 11.2. The number of nitrogens with one attached hydrogen (secondary N) is 1. The predicted octanol–water partition coefficient (Wildman–Crippen LogP) is 1.34. The second kappa shape index (κ2) is 4.71. The van der Waals surface area contributed by atoms with Crippen LogP contribution in [0.25, 0.3) is 0 Å². The van der Waals surface area contributed by atoms with E-state index in [4.69, 9.17) is 4.52 Å². The predicted molar refractivity (Wildman–Crippen MR) is 64.7 cm³/mol. The zero-order valence-electron chi connectivity index (χ0n) is 10.7. The van der Waals surface area contributed by atoms with Crippen LogP contribution in [0.5, 0.6) is 0 Å².